The molecule has 10 heteroatoms. The third kappa shape index (κ3) is 5.59. The standard InChI is InChI=1S/C26H28N4O5S/c1-16(2)15-35-25(32)22-17(3)27-26-29(11-6-12-36-26)23(22)18-7-4-9-20(13-18)28-24(31)19-8-5-10-21(14-19)30(33)34/h4-5,7-10,13-14,16,23H,6,11-12,15H2,1-3H3,(H,28,31). The van der Waals surface area contributed by atoms with E-state index in [4.69, 9.17) is 9.73 Å². The fraction of sp³-hybridized carbons (Fsp3) is 0.346. The average Bonchev–Trinajstić information content (AvgIpc) is 2.86. The number of rotatable bonds is 7. The van der Waals surface area contributed by atoms with Crippen LogP contribution in [-0.2, 0) is 9.53 Å². The summed E-state index contributed by atoms with van der Waals surface area (Å²) >= 11 is 1.66. The zero-order chi connectivity index (χ0) is 25.8. The number of nitrogens with zero attached hydrogens (tertiary/aromatic N) is 3. The van der Waals surface area contributed by atoms with Crippen LogP contribution in [0.4, 0.5) is 11.4 Å². The van der Waals surface area contributed by atoms with Gasteiger partial charge in [-0.15, -0.1) is 0 Å². The van der Waals surface area contributed by atoms with Crippen LogP contribution < -0.4 is 5.32 Å². The Labute approximate surface area is 213 Å². The molecule has 9 nitrogen and oxygen atoms in total. The summed E-state index contributed by atoms with van der Waals surface area (Å²) in [6.07, 6.45) is 0.955. The third-order valence-corrected chi connectivity index (χ3v) is 6.88. The number of nitro groups is 1. The highest BCUT2D eigenvalue weighted by Crippen LogP contribution is 2.40. The van der Waals surface area contributed by atoms with Crippen LogP contribution in [0.2, 0.25) is 0 Å². The molecule has 2 aliphatic rings. The summed E-state index contributed by atoms with van der Waals surface area (Å²) < 4.78 is 5.60. The second-order valence-electron chi connectivity index (χ2n) is 9.07. The van der Waals surface area contributed by atoms with Gasteiger partial charge in [0.1, 0.15) is 0 Å². The van der Waals surface area contributed by atoms with E-state index in [1.165, 1.54) is 24.3 Å². The highest BCUT2D eigenvalue weighted by molar-refractivity contribution is 8.13. The molecule has 0 spiro atoms. The Balaban J connectivity index is 1.65. The van der Waals surface area contributed by atoms with Gasteiger partial charge in [0.2, 0.25) is 0 Å². The molecular formula is C26H28N4O5S. The molecule has 4 rings (SSSR count). The van der Waals surface area contributed by atoms with Crippen LogP contribution in [0.1, 0.15) is 49.2 Å². The van der Waals surface area contributed by atoms with Gasteiger partial charge in [-0.1, -0.05) is 43.8 Å². The number of hydrogen-bond acceptors (Lipinski definition) is 8. The van der Waals surface area contributed by atoms with Crippen LogP contribution in [0, 0.1) is 16.0 Å². The normalized spacial score (nSPS) is 17.4. The number of non-ortho nitro benzene ring substituents is 1. The number of aliphatic imine (C=N–C) groups is 1. The molecule has 0 bridgehead atoms. The van der Waals surface area contributed by atoms with Crippen LogP contribution in [0.3, 0.4) is 0 Å². The van der Waals surface area contributed by atoms with E-state index in [-0.39, 0.29) is 17.2 Å². The van der Waals surface area contributed by atoms with Gasteiger partial charge >= 0.3 is 5.97 Å². The van der Waals surface area contributed by atoms with E-state index in [9.17, 15) is 19.7 Å². The molecule has 0 aromatic heterocycles. The zero-order valence-electron chi connectivity index (χ0n) is 20.4. The Hall–Kier alpha value is -3.66. The Kier molecular flexibility index (Phi) is 7.73. The molecule has 1 N–H and O–H groups in total. The van der Waals surface area contributed by atoms with Crippen molar-refractivity contribution in [3.8, 4) is 0 Å². The number of carbonyl (C=O) groups is 2. The minimum atomic E-state index is -0.537. The Morgan fingerprint density at radius 1 is 1.25 bits per heavy atom. The molecule has 1 saturated heterocycles. The summed E-state index contributed by atoms with van der Waals surface area (Å²) in [5.74, 6) is 0.310. The highest BCUT2D eigenvalue weighted by atomic mass is 32.2. The molecule has 1 amide bonds. The van der Waals surface area contributed by atoms with Crippen molar-refractivity contribution in [3.05, 3.63) is 81.0 Å². The van der Waals surface area contributed by atoms with E-state index >= 15 is 0 Å². The molecule has 0 saturated carbocycles. The van der Waals surface area contributed by atoms with Gasteiger partial charge in [-0.2, -0.15) is 0 Å². The molecule has 188 valence electrons. The molecule has 1 unspecified atom stereocenters. The lowest BCUT2D eigenvalue weighted by Crippen LogP contribution is -2.42. The molecular weight excluding hydrogens is 480 g/mol. The van der Waals surface area contributed by atoms with Crippen molar-refractivity contribution in [1.82, 2.24) is 4.90 Å². The number of thioether (sulfide) groups is 1. The molecule has 0 aliphatic carbocycles. The van der Waals surface area contributed by atoms with E-state index in [1.807, 2.05) is 39.0 Å². The second kappa shape index (κ2) is 10.9. The Morgan fingerprint density at radius 2 is 2.03 bits per heavy atom. The van der Waals surface area contributed by atoms with Gasteiger partial charge in [0.25, 0.3) is 11.6 Å². The number of nitrogens with one attached hydrogen (secondary N) is 1. The first-order valence-corrected chi connectivity index (χ1v) is 12.7. The number of esters is 1. The van der Waals surface area contributed by atoms with Crippen molar-refractivity contribution < 1.29 is 19.2 Å². The lowest BCUT2D eigenvalue weighted by molar-refractivity contribution is -0.384. The van der Waals surface area contributed by atoms with Crippen molar-refractivity contribution in [2.24, 2.45) is 10.9 Å². The Bertz CT molecular complexity index is 1260. The smallest absolute Gasteiger partial charge is 0.338 e. The molecule has 1 atom stereocenters. The first-order chi connectivity index (χ1) is 17.2. The lowest BCUT2D eigenvalue weighted by Gasteiger charge is -2.40. The Morgan fingerprint density at radius 3 is 2.78 bits per heavy atom. The van der Waals surface area contributed by atoms with E-state index in [2.05, 4.69) is 10.2 Å². The van der Waals surface area contributed by atoms with Gasteiger partial charge in [-0.3, -0.25) is 14.9 Å². The quantitative estimate of drug-likeness (QED) is 0.312. The lowest BCUT2D eigenvalue weighted by atomic mass is 9.94. The predicted molar refractivity (Wildman–Crippen MR) is 140 cm³/mol. The van der Waals surface area contributed by atoms with Crippen molar-refractivity contribution in [2.45, 2.75) is 33.2 Å². The highest BCUT2D eigenvalue weighted by Gasteiger charge is 2.38. The fourth-order valence-corrected chi connectivity index (χ4v) is 5.17. The number of amides is 1. The van der Waals surface area contributed by atoms with Crippen molar-refractivity contribution in [2.75, 3.05) is 24.2 Å². The number of nitro benzene ring substituents is 1. The molecule has 2 heterocycles. The van der Waals surface area contributed by atoms with Gasteiger partial charge in [0.15, 0.2) is 5.17 Å². The van der Waals surface area contributed by atoms with Gasteiger partial charge in [-0.25, -0.2) is 9.79 Å². The summed E-state index contributed by atoms with van der Waals surface area (Å²) in [6.45, 7) is 6.85. The van der Waals surface area contributed by atoms with E-state index < -0.39 is 22.8 Å². The third-order valence-electron chi connectivity index (χ3n) is 5.81. The molecule has 1 fully saturated rings. The van der Waals surface area contributed by atoms with Crippen LogP contribution in [0.25, 0.3) is 0 Å². The number of amidine groups is 1. The number of allylic oxidation sites excluding steroid dienone is 1. The molecule has 2 aliphatic heterocycles. The molecule has 0 radical (unpaired) electrons. The topological polar surface area (TPSA) is 114 Å². The van der Waals surface area contributed by atoms with Crippen LogP contribution >= 0.6 is 11.8 Å². The van der Waals surface area contributed by atoms with E-state index in [1.54, 1.807) is 17.8 Å². The van der Waals surface area contributed by atoms with Crippen molar-refractivity contribution >= 4 is 40.2 Å². The summed E-state index contributed by atoms with van der Waals surface area (Å²) in [5, 5.41) is 14.8. The number of anilines is 1. The average molecular weight is 509 g/mol. The minimum Gasteiger partial charge on any atom is -0.462 e. The van der Waals surface area contributed by atoms with Crippen LogP contribution in [0.5, 0.6) is 0 Å². The fourth-order valence-electron chi connectivity index (χ4n) is 4.15. The summed E-state index contributed by atoms with van der Waals surface area (Å²) in [7, 11) is 0. The first kappa shape index (κ1) is 25.4. The maximum absolute atomic E-state index is 13.2. The monoisotopic (exact) mass is 508 g/mol. The van der Waals surface area contributed by atoms with E-state index in [0.717, 1.165) is 29.4 Å². The summed E-state index contributed by atoms with van der Waals surface area (Å²) in [4.78, 5) is 43.4. The van der Waals surface area contributed by atoms with Gasteiger partial charge in [0.05, 0.1) is 28.8 Å². The van der Waals surface area contributed by atoms with Gasteiger partial charge in [-0.05, 0) is 43.0 Å². The van der Waals surface area contributed by atoms with Gasteiger partial charge in [0, 0.05) is 35.7 Å². The molecule has 2 aromatic rings. The number of hydrogen-bond donors (Lipinski definition) is 1. The number of ether oxygens (including phenoxy) is 1. The van der Waals surface area contributed by atoms with Crippen LogP contribution in [0.15, 0.2) is 64.8 Å². The maximum atomic E-state index is 13.2. The number of benzene rings is 2. The summed E-state index contributed by atoms with van der Waals surface area (Å²) in [5.41, 5.74) is 2.48. The van der Waals surface area contributed by atoms with E-state index in [0.29, 0.717) is 23.6 Å². The second-order valence-corrected chi connectivity index (χ2v) is 10.1. The minimum absolute atomic E-state index is 0.154. The van der Waals surface area contributed by atoms with Crippen molar-refractivity contribution in [1.29, 1.82) is 0 Å². The van der Waals surface area contributed by atoms with Crippen LogP contribution in [-0.4, -0.2) is 45.8 Å². The maximum Gasteiger partial charge on any atom is 0.338 e. The zero-order valence-corrected chi connectivity index (χ0v) is 21.2. The predicted octanol–water partition coefficient (Wildman–Crippen LogP) is 5.17. The number of carbonyl (C=O) groups excluding carboxylic acids is 2. The molecule has 2 aromatic carbocycles. The SMILES string of the molecule is CC1=C(C(=O)OCC(C)C)C(c2cccc(NC(=O)c3cccc([N+](=O)[O-])c3)c2)N2CCCSC2=N1. The summed E-state index contributed by atoms with van der Waals surface area (Å²) in [6, 6.07) is 12.5. The molecule has 36 heavy (non-hydrogen) atoms. The number of fused-ring (bicyclic) bond motifs is 1. The van der Waals surface area contributed by atoms with Gasteiger partial charge < -0.3 is 15.0 Å². The first-order valence-electron chi connectivity index (χ1n) is 11.8. The van der Waals surface area contributed by atoms with Crippen molar-refractivity contribution in [3.63, 3.8) is 0 Å². The largest absolute Gasteiger partial charge is 0.462 e.